The van der Waals surface area contributed by atoms with Crippen LogP contribution in [0.3, 0.4) is 0 Å². The fourth-order valence-electron chi connectivity index (χ4n) is 2.49. The SMILES string of the molecule is CCCC(CCO)CNC(C)c1cccc(NC(C)=O)c1. The largest absolute Gasteiger partial charge is 0.396 e. The predicted molar refractivity (Wildman–Crippen MR) is 87.3 cm³/mol. The number of hydrogen-bond acceptors (Lipinski definition) is 3. The van der Waals surface area contributed by atoms with Crippen LogP contribution in [0.1, 0.15) is 51.6 Å². The molecule has 118 valence electrons. The number of aliphatic hydroxyl groups is 1. The average molecular weight is 292 g/mol. The van der Waals surface area contributed by atoms with Crippen molar-refractivity contribution in [2.24, 2.45) is 5.92 Å². The molecule has 0 spiro atoms. The summed E-state index contributed by atoms with van der Waals surface area (Å²) in [4.78, 5) is 11.1. The fraction of sp³-hybridized carbons (Fsp3) is 0.588. The lowest BCUT2D eigenvalue weighted by molar-refractivity contribution is -0.114. The van der Waals surface area contributed by atoms with E-state index >= 15 is 0 Å². The third-order valence-corrected chi connectivity index (χ3v) is 3.65. The van der Waals surface area contributed by atoms with Gasteiger partial charge in [-0.25, -0.2) is 0 Å². The van der Waals surface area contributed by atoms with E-state index in [2.05, 4.69) is 30.5 Å². The molecule has 0 bridgehead atoms. The summed E-state index contributed by atoms with van der Waals surface area (Å²) in [5.41, 5.74) is 1.98. The van der Waals surface area contributed by atoms with Crippen LogP contribution in [0.15, 0.2) is 24.3 Å². The van der Waals surface area contributed by atoms with Crippen LogP contribution in [0.5, 0.6) is 0 Å². The monoisotopic (exact) mass is 292 g/mol. The van der Waals surface area contributed by atoms with E-state index in [1.165, 1.54) is 6.92 Å². The first-order valence-corrected chi connectivity index (χ1v) is 7.78. The molecule has 0 aliphatic carbocycles. The van der Waals surface area contributed by atoms with Crippen molar-refractivity contribution in [3.05, 3.63) is 29.8 Å². The van der Waals surface area contributed by atoms with Crippen molar-refractivity contribution in [1.29, 1.82) is 0 Å². The van der Waals surface area contributed by atoms with Gasteiger partial charge in [0.15, 0.2) is 0 Å². The van der Waals surface area contributed by atoms with Gasteiger partial charge >= 0.3 is 0 Å². The van der Waals surface area contributed by atoms with Gasteiger partial charge in [-0.3, -0.25) is 4.79 Å². The second kappa shape index (κ2) is 9.53. The molecule has 4 nitrogen and oxygen atoms in total. The first-order valence-electron chi connectivity index (χ1n) is 7.78. The molecule has 0 aliphatic rings. The molecule has 21 heavy (non-hydrogen) atoms. The Labute approximate surface area is 128 Å². The maximum Gasteiger partial charge on any atom is 0.221 e. The molecule has 0 aromatic heterocycles. The Kier molecular flexibility index (Phi) is 8.01. The van der Waals surface area contributed by atoms with Gasteiger partial charge in [0.1, 0.15) is 0 Å². The number of carbonyl (C=O) groups is 1. The first-order chi connectivity index (χ1) is 10.1. The number of aliphatic hydroxyl groups excluding tert-OH is 1. The van der Waals surface area contributed by atoms with Crippen molar-refractivity contribution in [1.82, 2.24) is 5.32 Å². The lowest BCUT2D eigenvalue weighted by Crippen LogP contribution is -2.26. The van der Waals surface area contributed by atoms with Crippen molar-refractivity contribution in [2.45, 2.75) is 46.1 Å². The Morgan fingerprint density at radius 3 is 2.71 bits per heavy atom. The summed E-state index contributed by atoms with van der Waals surface area (Å²) >= 11 is 0. The van der Waals surface area contributed by atoms with Crippen LogP contribution in [0.25, 0.3) is 0 Å². The minimum Gasteiger partial charge on any atom is -0.396 e. The second-order valence-electron chi connectivity index (χ2n) is 5.60. The molecule has 1 aromatic rings. The molecule has 4 heteroatoms. The Balaban J connectivity index is 2.57. The van der Waals surface area contributed by atoms with E-state index in [-0.39, 0.29) is 18.6 Å². The zero-order valence-electron chi connectivity index (χ0n) is 13.4. The highest BCUT2D eigenvalue weighted by Crippen LogP contribution is 2.18. The fourth-order valence-corrected chi connectivity index (χ4v) is 2.49. The van der Waals surface area contributed by atoms with Crippen LogP contribution in [0.4, 0.5) is 5.69 Å². The summed E-state index contributed by atoms with van der Waals surface area (Å²) in [6.45, 7) is 6.96. The van der Waals surface area contributed by atoms with E-state index < -0.39 is 0 Å². The zero-order valence-corrected chi connectivity index (χ0v) is 13.4. The maximum absolute atomic E-state index is 11.1. The van der Waals surface area contributed by atoms with Crippen LogP contribution in [0.2, 0.25) is 0 Å². The number of hydrogen-bond donors (Lipinski definition) is 3. The maximum atomic E-state index is 11.1. The van der Waals surface area contributed by atoms with Gasteiger partial charge in [0.25, 0.3) is 0 Å². The quantitative estimate of drug-likeness (QED) is 0.655. The normalized spacial score (nSPS) is 13.7. The minimum absolute atomic E-state index is 0.0567. The summed E-state index contributed by atoms with van der Waals surface area (Å²) in [6.07, 6.45) is 3.12. The average Bonchev–Trinajstić information content (AvgIpc) is 2.44. The number of rotatable bonds is 9. The predicted octanol–water partition coefficient (Wildman–Crippen LogP) is 3.09. The van der Waals surface area contributed by atoms with Gasteiger partial charge in [-0.1, -0.05) is 25.5 Å². The van der Waals surface area contributed by atoms with Crippen molar-refractivity contribution in [3.63, 3.8) is 0 Å². The van der Waals surface area contributed by atoms with E-state index in [0.29, 0.717) is 5.92 Å². The molecule has 1 amide bonds. The van der Waals surface area contributed by atoms with E-state index in [9.17, 15) is 4.79 Å². The van der Waals surface area contributed by atoms with Gasteiger partial charge in [-0.2, -0.15) is 0 Å². The minimum atomic E-state index is -0.0567. The molecule has 2 unspecified atom stereocenters. The first kappa shape index (κ1) is 17.7. The molecule has 2 atom stereocenters. The highest BCUT2D eigenvalue weighted by atomic mass is 16.3. The van der Waals surface area contributed by atoms with Gasteiger partial charge in [0.05, 0.1) is 0 Å². The van der Waals surface area contributed by atoms with Crippen LogP contribution < -0.4 is 10.6 Å². The third kappa shape index (κ3) is 6.74. The van der Waals surface area contributed by atoms with E-state index in [1.54, 1.807) is 0 Å². The zero-order chi connectivity index (χ0) is 15.7. The number of nitrogens with one attached hydrogen (secondary N) is 2. The molecule has 0 fully saturated rings. The topological polar surface area (TPSA) is 61.4 Å². The van der Waals surface area contributed by atoms with Crippen molar-refractivity contribution in [2.75, 3.05) is 18.5 Å². The molecule has 3 N–H and O–H groups in total. The number of anilines is 1. The third-order valence-electron chi connectivity index (χ3n) is 3.65. The van der Waals surface area contributed by atoms with Crippen LogP contribution >= 0.6 is 0 Å². The summed E-state index contributed by atoms with van der Waals surface area (Å²) in [7, 11) is 0. The highest BCUT2D eigenvalue weighted by molar-refractivity contribution is 5.88. The van der Waals surface area contributed by atoms with Crippen LogP contribution in [0, 0.1) is 5.92 Å². The van der Waals surface area contributed by atoms with Gasteiger partial charge < -0.3 is 15.7 Å². The van der Waals surface area contributed by atoms with Gasteiger partial charge in [0, 0.05) is 25.3 Å². The van der Waals surface area contributed by atoms with Gasteiger partial charge in [-0.05, 0) is 49.9 Å². The molecule has 0 saturated heterocycles. The molecule has 1 rings (SSSR count). The lowest BCUT2D eigenvalue weighted by Gasteiger charge is -2.20. The molecule has 0 heterocycles. The summed E-state index contributed by atoms with van der Waals surface area (Å²) in [5.74, 6) is 0.458. The second-order valence-corrected chi connectivity index (χ2v) is 5.60. The van der Waals surface area contributed by atoms with E-state index in [1.807, 2.05) is 18.2 Å². The number of benzene rings is 1. The number of carbonyl (C=O) groups excluding carboxylic acids is 1. The summed E-state index contributed by atoms with van der Waals surface area (Å²) in [5, 5.41) is 15.4. The highest BCUT2D eigenvalue weighted by Gasteiger charge is 2.11. The number of amides is 1. The standard InChI is InChI=1S/C17H28N2O2/c1-4-6-15(9-10-20)12-18-13(2)16-7-5-8-17(11-16)19-14(3)21/h5,7-8,11,13,15,18,20H,4,6,9-10,12H2,1-3H3,(H,19,21). The van der Waals surface area contributed by atoms with E-state index in [4.69, 9.17) is 5.11 Å². The summed E-state index contributed by atoms with van der Waals surface area (Å²) in [6, 6.07) is 8.13. The lowest BCUT2D eigenvalue weighted by atomic mass is 9.99. The van der Waals surface area contributed by atoms with Crippen molar-refractivity contribution >= 4 is 11.6 Å². The molecule has 0 saturated carbocycles. The van der Waals surface area contributed by atoms with Crippen LogP contribution in [-0.4, -0.2) is 24.2 Å². The molecule has 0 aliphatic heterocycles. The van der Waals surface area contributed by atoms with Crippen molar-refractivity contribution in [3.8, 4) is 0 Å². The van der Waals surface area contributed by atoms with Crippen LogP contribution in [-0.2, 0) is 4.79 Å². The molecular weight excluding hydrogens is 264 g/mol. The smallest absolute Gasteiger partial charge is 0.221 e. The Bertz CT molecular complexity index is 429. The summed E-state index contributed by atoms with van der Waals surface area (Å²) < 4.78 is 0. The molecule has 1 aromatic carbocycles. The Hall–Kier alpha value is -1.39. The van der Waals surface area contributed by atoms with Gasteiger partial charge in [-0.15, -0.1) is 0 Å². The molecule has 0 radical (unpaired) electrons. The van der Waals surface area contributed by atoms with Gasteiger partial charge in [0.2, 0.25) is 5.91 Å². The Morgan fingerprint density at radius 1 is 1.33 bits per heavy atom. The molecular formula is C17H28N2O2. The Morgan fingerprint density at radius 2 is 2.10 bits per heavy atom. The van der Waals surface area contributed by atoms with E-state index in [0.717, 1.165) is 37.1 Å². The van der Waals surface area contributed by atoms with Crippen molar-refractivity contribution < 1.29 is 9.90 Å².